The molecule has 1 atom stereocenters. The number of nitrogens with zero attached hydrogens (tertiary/aromatic N) is 3. The molecule has 2 saturated heterocycles. The summed E-state index contributed by atoms with van der Waals surface area (Å²) in [4.78, 5) is 8.66. The number of piperidine rings is 2. The smallest absolute Gasteiger partial charge is 0.377 e. The zero-order chi connectivity index (χ0) is 18.6. The lowest BCUT2D eigenvalue weighted by molar-refractivity contribution is -0.137. The van der Waals surface area contributed by atoms with Gasteiger partial charge in [-0.3, -0.25) is 4.90 Å². The minimum absolute atomic E-state index is 0.346. The Morgan fingerprint density at radius 3 is 2.54 bits per heavy atom. The van der Waals surface area contributed by atoms with Crippen LogP contribution in [0.15, 0.2) is 18.3 Å². The highest BCUT2D eigenvalue weighted by molar-refractivity contribution is 5.40. The van der Waals surface area contributed by atoms with E-state index in [2.05, 4.69) is 21.7 Å². The van der Waals surface area contributed by atoms with E-state index >= 15 is 0 Å². The predicted octanol–water partition coefficient (Wildman–Crippen LogP) is 3.96. The Morgan fingerprint density at radius 1 is 1.15 bits per heavy atom. The number of halogens is 3. The van der Waals surface area contributed by atoms with Crippen LogP contribution in [0.1, 0.15) is 44.6 Å². The molecular formula is C19H28F3N3O. The average Bonchev–Trinajstić information content (AvgIpc) is 2.66. The van der Waals surface area contributed by atoms with Crippen molar-refractivity contribution in [3.05, 3.63) is 23.9 Å². The number of hydrogen-bond donors (Lipinski definition) is 0. The van der Waals surface area contributed by atoms with Crippen LogP contribution >= 0.6 is 0 Å². The van der Waals surface area contributed by atoms with E-state index in [0.717, 1.165) is 70.7 Å². The van der Waals surface area contributed by atoms with Gasteiger partial charge in [-0.2, -0.15) is 13.2 Å². The topological polar surface area (TPSA) is 28.6 Å². The molecule has 3 heterocycles. The second-order valence-electron chi connectivity index (χ2n) is 7.25. The van der Waals surface area contributed by atoms with Gasteiger partial charge in [0, 0.05) is 38.5 Å². The van der Waals surface area contributed by atoms with Crippen molar-refractivity contribution >= 4 is 5.82 Å². The summed E-state index contributed by atoms with van der Waals surface area (Å²) < 4.78 is 43.9. The largest absolute Gasteiger partial charge is 0.417 e. The molecule has 26 heavy (non-hydrogen) atoms. The van der Waals surface area contributed by atoms with E-state index in [1.54, 1.807) is 0 Å². The van der Waals surface area contributed by atoms with E-state index in [1.807, 2.05) is 0 Å². The molecule has 4 nitrogen and oxygen atoms in total. The van der Waals surface area contributed by atoms with Crippen LogP contribution in [0.4, 0.5) is 19.0 Å². The lowest BCUT2D eigenvalue weighted by Crippen LogP contribution is -2.50. The standard InChI is InChI=1S/C19H28F3N3O/c1-2-12-26-17-4-3-9-25(14-17)16-7-10-24(11-8-16)18-6-5-15(13-23-18)19(20,21)22/h5-6,13,16-17H,2-4,7-12,14H2,1H3/t17-/m0/s1. The molecule has 2 aliphatic heterocycles. The van der Waals surface area contributed by atoms with E-state index in [0.29, 0.717) is 18.0 Å². The van der Waals surface area contributed by atoms with Gasteiger partial charge in [0.15, 0.2) is 0 Å². The maximum absolute atomic E-state index is 12.7. The fourth-order valence-electron chi connectivity index (χ4n) is 3.92. The molecule has 2 aliphatic rings. The Labute approximate surface area is 153 Å². The molecule has 0 aromatic carbocycles. The van der Waals surface area contributed by atoms with E-state index < -0.39 is 11.7 Å². The van der Waals surface area contributed by atoms with Gasteiger partial charge in [0.25, 0.3) is 0 Å². The Bertz CT molecular complexity index is 556. The third kappa shape index (κ3) is 4.88. The minimum Gasteiger partial charge on any atom is -0.377 e. The zero-order valence-electron chi connectivity index (χ0n) is 15.3. The molecule has 0 unspecified atom stereocenters. The summed E-state index contributed by atoms with van der Waals surface area (Å²) in [7, 11) is 0. The third-order valence-electron chi connectivity index (χ3n) is 5.35. The first-order valence-electron chi connectivity index (χ1n) is 9.61. The van der Waals surface area contributed by atoms with Crippen LogP contribution in [0.3, 0.4) is 0 Å². The van der Waals surface area contributed by atoms with Crippen molar-refractivity contribution in [1.29, 1.82) is 0 Å². The Morgan fingerprint density at radius 2 is 1.92 bits per heavy atom. The van der Waals surface area contributed by atoms with Crippen molar-refractivity contribution < 1.29 is 17.9 Å². The molecule has 0 amide bonds. The molecule has 0 radical (unpaired) electrons. The number of likely N-dealkylation sites (tertiary alicyclic amines) is 1. The number of pyridine rings is 1. The van der Waals surface area contributed by atoms with Gasteiger partial charge in [-0.15, -0.1) is 0 Å². The van der Waals surface area contributed by atoms with E-state index in [-0.39, 0.29) is 0 Å². The fourth-order valence-corrected chi connectivity index (χ4v) is 3.92. The summed E-state index contributed by atoms with van der Waals surface area (Å²) in [5, 5.41) is 0. The van der Waals surface area contributed by atoms with Gasteiger partial charge in [0.2, 0.25) is 0 Å². The molecule has 0 bridgehead atoms. The minimum atomic E-state index is -4.33. The molecule has 7 heteroatoms. The highest BCUT2D eigenvalue weighted by Gasteiger charge is 2.32. The van der Waals surface area contributed by atoms with Crippen molar-refractivity contribution in [3.63, 3.8) is 0 Å². The maximum atomic E-state index is 12.7. The number of aromatic nitrogens is 1. The number of anilines is 1. The van der Waals surface area contributed by atoms with Gasteiger partial charge in [0.1, 0.15) is 5.82 Å². The van der Waals surface area contributed by atoms with E-state index in [9.17, 15) is 13.2 Å². The highest BCUT2D eigenvalue weighted by atomic mass is 19.4. The van der Waals surface area contributed by atoms with Crippen molar-refractivity contribution in [1.82, 2.24) is 9.88 Å². The SMILES string of the molecule is CCCO[C@H]1CCCN(C2CCN(c3ccc(C(F)(F)F)cn3)CC2)C1. The third-order valence-corrected chi connectivity index (χ3v) is 5.35. The predicted molar refractivity (Wildman–Crippen MR) is 95.3 cm³/mol. The van der Waals surface area contributed by atoms with Crippen molar-refractivity contribution in [2.75, 3.05) is 37.7 Å². The van der Waals surface area contributed by atoms with Gasteiger partial charge in [0.05, 0.1) is 11.7 Å². The Kier molecular flexibility index (Phi) is 6.40. The van der Waals surface area contributed by atoms with Gasteiger partial charge in [-0.05, 0) is 50.8 Å². The van der Waals surface area contributed by atoms with E-state index in [1.165, 1.54) is 12.5 Å². The molecular weight excluding hydrogens is 343 g/mol. The molecule has 0 aliphatic carbocycles. The van der Waals surface area contributed by atoms with Crippen LogP contribution in [0, 0.1) is 0 Å². The molecule has 1 aromatic heterocycles. The van der Waals surface area contributed by atoms with Crippen LogP contribution in [-0.4, -0.2) is 54.8 Å². The molecule has 0 N–H and O–H groups in total. The average molecular weight is 371 g/mol. The fraction of sp³-hybridized carbons (Fsp3) is 0.737. The summed E-state index contributed by atoms with van der Waals surface area (Å²) in [5.74, 6) is 0.638. The lowest BCUT2D eigenvalue weighted by atomic mass is 9.99. The molecule has 0 spiro atoms. The number of rotatable bonds is 5. The molecule has 2 fully saturated rings. The second-order valence-corrected chi connectivity index (χ2v) is 7.25. The summed E-state index contributed by atoms with van der Waals surface area (Å²) in [6.07, 6.45) is 2.35. The Hall–Kier alpha value is -1.34. The monoisotopic (exact) mass is 371 g/mol. The van der Waals surface area contributed by atoms with Crippen molar-refractivity contribution in [2.45, 2.75) is 57.3 Å². The van der Waals surface area contributed by atoms with Crippen LogP contribution in [-0.2, 0) is 10.9 Å². The van der Waals surface area contributed by atoms with Crippen LogP contribution in [0.25, 0.3) is 0 Å². The first kappa shape index (κ1) is 19.4. The summed E-state index contributed by atoms with van der Waals surface area (Å²) in [6, 6.07) is 3.14. The number of alkyl halides is 3. The number of ether oxygens (including phenoxy) is 1. The molecule has 3 rings (SSSR count). The second kappa shape index (κ2) is 8.57. The van der Waals surface area contributed by atoms with Gasteiger partial charge in [-0.25, -0.2) is 4.98 Å². The van der Waals surface area contributed by atoms with E-state index in [4.69, 9.17) is 4.74 Å². The van der Waals surface area contributed by atoms with Gasteiger partial charge >= 0.3 is 6.18 Å². The van der Waals surface area contributed by atoms with Gasteiger partial charge < -0.3 is 9.64 Å². The number of hydrogen-bond acceptors (Lipinski definition) is 4. The van der Waals surface area contributed by atoms with Crippen LogP contribution in [0.5, 0.6) is 0 Å². The lowest BCUT2D eigenvalue weighted by Gasteiger charge is -2.42. The Balaban J connectivity index is 1.51. The van der Waals surface area contributed by atoms with Crippen LogP contribution in [0.2, 0.25) is 0 Å². The zero-order valence-corrected chi connectivity index (χ0v) is 15.3. The molecule has 0 saturated carbocycles. The first-order chi connectivity index (χ1) is 12.5. The quantitative estimate of drug-likeness (QED) is 0.783. The maximum Gasteiger partial charge on any atom is 0.417 e. The van der Waals surface area contributed by atoms with Crippen molar-refractivity contribution in [2.24, 2.45) is 0 Å². The van der Waals surface area contributed by atoms with Crippen LogP contribution < -0.4 is 4.90 Å². The summed E-state index contributed by atoms with van der Waals surface area (Å²) >= 11 is 0. The van der Waals surface area contributed by atoms with Gasteiger partial charge in [-0.1, -0.05) is 6.92 Å². The summed E-state index contributed by atoms with van der Waals surface area (Å²) in [6.45, 7) is 6.75. The van der Waals surface area contributed by atoms with Crippen molar-refractivity contribution in [3.8, 4) is 0 Å². The molecule has 1 aromatic rings. The normalized spacial score (nSPS) is 23.4. The molecule has 146 valence electrons. The first-order valence-corrected chi connectivity index (χ1v) is 9.61. The highest BCUT2D eigenvalue weighted by Crippen LogP contribution is 2.30. The summed E-state index contributed by atoms with van der Waals surface area (Å²) in [5.41, 5.74) is -0.692.